The van der Waals surface area contributed by atoms with Gasteiger partial charge in [0.1, 0.15) is 5.82 Å². The summed E-state index contributed by atoms with van der Waals surface area (Å²) in [6.07, 6.45) is 10.9. The van der Waals surface area contributed by atoms with Crippen molar-refractivity contribution in [1.29, 1.82) is 0 Å². The van der Waals surface area contributed by atoms with Crippen LogP contribution in [0.25, 0.3) is 10.9 Å². The van der Waals surface area contributed by atoms with Gasteiger partial charge in [-0.25, -0.2) is 4.39 Å². The second kappa shape index (κ2) is 7.35. The van der Waals surface area contributed by atoms with E-state index in [9.17, 15) is 9.18 Å². The van der Waals surface area contributed by atoms with Crippen LogP contribution in [-0.4, -0.2) is 39.7 Å². The molecular weight excluding hydrogens is 331 g/mol. The molecule has 1 aliphatic heterocycles. The summed E-state index contributed by atoms with van der Waals surface area (Å²) in [6.45, 7) is 2.21. The Bertz CT molecular complexity index is 788. The summed E-state index contributed by atoms with van der Waals surface area (Å²) < 4.78 is 15.8. The zero-order valence-corrected chi connectivity index (χ0v) is 15.2. The monoisotopic (exact) mass is 358 g/mol. The minimum absolute atomic E-state index is 0.0192. The molecule has 0 unspecified atom stereocenters. The average molecular weight is 358 g/mol. The molecule has 0 spiro atoms. The van der Waals surface area contributed by atoms with E-state index in [0.717, 1.165) is 37.4 Å². The van der Waals surface area contributed by atoms with Crippen LogP contribution in [0.2, 0.25) is 0 Å². The van der Waals surface area contributed by atoms with Gasteiger partial charge < -0.3 is 10.6 Å². The van der Waals surface area contributed by atoms with Crippen LogP contribution in [0.3, 0.4) is 0 Å². The molecule has 140 valence electrons. The van der Waals surface area contributed by atoms with Crippen molar-refractivity contribution in [2.24, 2.45) is 5.73 Å². The first-order valence-corrected chi connectivity index (χ1v) is 9.80. The van der Waals surface area contributed by atoms with Gasteiger partial charge in [0.25, 0.3) is 0 Å². The number of hydrogen-bond donors (Lipinski definition) is 1. The summed E-state index contributed by atoms with van der Waals surface area (Å²) in [6, 6.07) is 3.96. The number of nitrogens with two attached hydrogens (primary N) is 1. The maximum absolute atomic E-state index is 13.9. The molecule has 1 saturated heterocycles. The van der Waals surface area contributed by atoms with Crippen molar-refractivity contribution >= 4 is 16.8 Å². The Morgan fingerprint density at radius 1 is 1.12 bits per heavy atom. The number of aromatic nitrogens is 2. The molecule has 1 amide bonds. The Kier molecular flexibility index (Phi) is 4.94. The zero-order chi connectivity index (χ0) is 18.1. The van der Waals surface area contributed by atoms with Gasteiger partial charge in [-0.1, -0.05) is 19.3 Å². The molecule has 5 nitrogen and oxygen atoms in total. The number of primary amides is 1. The number of hydrogen-bond acceptors (Lipinski definition) is 3. The largest absolute Gasteiger partial charge is 0.369 e. The molecule has 2 fully saturated rings. The van der Waals surface area contributed by atoms with Gasteiger partial charge in [0.2, 0.25) is 5.91 Å². The summed E-state index contributed by atoms with van der Waals surface area (Å²) in [7, 11) is 0. The van der Waals surface area contributed by atoms with Gasteiger partial charge in [0.05, 0.1) is 18.0 Å². The van der Waals surface area contributed by atoms with E-state index in [1.807, 2.05) is 10.9 Å². The van der Waals surface area contributed by atoms with Gasteiger partial charge in [-0.2, -0.15) is 5.10 Å². The number of nitrogens with zero attached hydrogens (tertiary/aromatic N) is 3. The van der Waals surface area contributed by atoms with Crippen LogP contribution in [0.1, 0.15) is 56.6 Å². The van der Waals surface area contributed by atoms with Crippen LogP contribution in [0.4, 0.5) is 4.39 Å². The summed E-state index contributed by atoms with van der Waals surface area (Å²) >= 11 is 0. The van der Waals surface area contributed by atoms with E-state index in [2.05, 4.69) is 4.90 Å². The Hall–Kier alpha value is -1.95. The molecule has 26 heavy (non-hydrogen) atoms. The number of amides is 1. The predicted octanol–water partition coefficient (Wildman–Crippen LogP) is 3.17. The zero-order valence-electron chi connectivity index (χ0n) is 15.2. The Morgan fingerprint density at radius 3 is 2.54 bits per heavy atom. The van der Waals surface area contributed by atoms with Crippen molar-refractivity contribution < 1.29 is 9.18 Å². The number of carbonyl (C=O) groups excluding carboxylic acids is 1. The fraction of sp³-hybridized carbons (Fsp3) is 0.600. The first-order chi connectivity index (χ1) is 12.6. The van der Waals surface area contributed by atoms with Crippen molar-refractivity contribution in [3.05, 3.63) is 29.7 Å². The van der Waals surface area contributed by atoms with Gasteiger partial charge in [-0.15, -0.1) is 0 Å². The molecule has 0 radical (unpaired) electrons. The van der Waals surface area contributed by atoms with Crippen molar-refractivity contribution in [2.75, 3.05) is 13.1 Å². The number of benzene rings is 1. The first kappa shape index (κ1) is 17.5. The number of fused-ring (bicyclic) bond motifs is 1. The molecule has 4 rings (SSSR count). The van der Waals surface area contributed by atoms with E-state index >= 15 is 0 Å². The first-order valence-electron chi connectivity index (χ1n) is 9.80. The summed E-state index contributed by atoms with van der Waals surface area (Å²) in [5, 5.41) is 5.44. The second-order valence-electron chi connectivity index (χ2n) is 7.81. The maximum Gasteiger partial charge on any atom is 0.221 e. The molecular formula is C20H27FN4O. The van der Waals surface area contributed by atoms with Crippen LogP contribution in [0.5, 0.6) is 0 Å². The molecule has 6 heteroatoms. The van der Waals surface area contributed by atoms with Gasteiger partial charge in [0, 0.05) is 30.7 Å². The van der Waals surface area contributed by atoms with Crippen molar-refractivity contribution in [2.45, 2.75) is 63.5 Å². The fourth-order valence-corrected chi connectivity index (χ4v) is 4.66. The molecule has 2 heterocycles. The second-order valence-corrected chi connectivity index (χ2v) is 7.81. The molecule has 2 aliphatic rings. The number of piperidine rings is 1. The van der Waals surface area contributed by atoms with Crippen molar-refractivity contribution in [1.82, 2.24) is 14.7 Å². The molecule has 1 aliphatic carbocycles. The van der Waals surface area contributed by atoms with Crippen molar-refractivity contribution in [3.63, 3.8) is 0 Å². The summed E-state index contributed by atoms with van der Waals surface area (Å²) in [5.41, 5.74) is 6.57. The SMILES string of the molecule is NC(=O)Cc1cc(F)cc2cn(C3CCN(C4CCCCC4)CC3)nc12. The Labute approximate surface area is 153 Å². The molecule has 2 N–H and O–H groups in total. The van der Waals surface area contributed by atoms with Gasteiger partial charge >= 0.3 is 0 Å². The third-order valence-corrected chi connectivity index (χ3v) is 6.00. The highest BCUT2D eigenvalue weighted by Gasteiger charge is 2.27. The number of carbonyl (C=O) groups is 1. The van der Waals surface area contributed by atoms with E-state index in [-0.39, 0.29) is 12.2 Å². The lowest BCUT2D eigenvalue weighted by Gasteiger charge is -2.39. The van der Waals surface area contributed by atoms with Crippen LogP contribution in [0, 0.1) is 5.82 Å². The normalized spacial score (nSPS) is 20.7. The predicted molar refractivity (Wildman–Crippen MR) is 99.3 cm³/mol. The molecule has 0 bridgehead atoms. The highest BCUT2D eigenvalue weighted by molar-refractivity contribution is 5.87. The highest BCUT2D eigenvalue weighted by atomic mass is 19.1. The minimum atomic E-state index is -0.466. The van der Waals surface area contributed by atoms with E-state index in [0.29, 0.717) is 17.1 Å². The molecule has 1 aromatic carbocycles. The van der Waals surface area contributed by atoms with Crippen LogP contribution < -0.4 is 5.73 Å². The van der Waals surface area contributed by atoms with E-state index in [4.69, 9.17) is 10.8 Å². The van der Waals surface area contributed by atoms with Crippen LogP contribution >= 0.6 is 0 Å². The van der Waals surface area contributed by atoms with Gasteiger partial charge in [0.15, 0.2) is 0 Å². The quantitative estimate of drug-likeness (QED) is 0.913. The smallest absolute Gasteiger partial charge is 0.221 e. The number of halogens is 1. The highest BCUT2D eigenvalue weighted by Crippen LogP contribution is 2.30. The molecule has 1 aromatic heterocycles. The Balaban J connectivity index is 1.50. The van der Waals surface area contributed by atoms with Gasteiger partial charge in [-0.05, 0) is 43.4 Å². The summed E-state index contributed by atoms with van der Waals surface area (Å²) in [4.78, 5) is 13.9. The standard InChI is InChI=1S/C20H27FN4O/c21-16-10-14(12-19(22)26)20-15(11-16)13-25(23-20)18-6-8-24(9-7-18)17-4-2-1-3-5-17/h10-11,13,17-18H,1-9,12H2,(H2,22,26). The molecule has 2 aromatic rings. The lowest BCUT2D eigenvalue weighted by atomic mass is 9.92. The lowest BCUT2D eigenvalue weighted by Crippen LogP contribution is -2.42. The number of rotatable bonds is 4. The molecule has 0 atom stereocenters. The minimum Gasteiger partial charge on any atom is -0.369 e. The van der Waals surface area contributed by atoms with Crippen LogP contribution in [-0.2, 0) is 11.2 Å². The van der Waals surface area contributed by atoms with E-state index in [1.165, 1.54) is 44.2 Å². The fourth-order valence-electron chi connectivity index (χ4n) is 4.66. The summed E-state index contributed by atoms with van der Waals surface area (Å²) in [5.74, 6) is -0.812. The molecule has 1 saturated carbocycles. The number of likely N-dealkylation sites (tertiary alicyclic amines) is 1. The maximum atomic E-state index is 13.9. The van der Waals surface area contributed by atoms with Gasteiger partial charge in [-0.3, -0.25) is 9.48 Å². The third kappa shape index (κ3) is 3.61. The Morgan fingerprint density at radius 2 is 1.85 bits per heavy atom. The van der Waals surface area contributed by atoms with E-state index in [1.54, 1.807) is 0 Å². The van der Waals surface area contributed by atoms with Crippen molar-refractivity contribution in [3.8, 4) is 0 Å². The van der Waals surface area contributed by atoms with E-state index < -0.39 is 5.91 Å². The average Bonchev–Trinajstić information content (AvgIpc) is 3.06. The lowest BCUT2D eigenvalue weighted by molar-refractivity contribution is -0.117. The van der Waals surface area contributed by atoms with Crippen LogP contribution in [0.15, 0.2) is 18.3 Å². The third-order valence-electron chi connectivity index (χ3n) is 6.00. The topological polar surface area (TPSA) is 64.2 Å².